The summed E-state index contributed by atoms with van der Waals surface area (Å²) in [6.07, 6.45) is 0. The van der Waals surface area contributed by atoms with Gasteiger partial charge >= 0.3 is 45.5 Å². The van der Waals surface area contributed by atoms with Gasteiger partial charge in [0.2, 0.25) is 0 Å². The summed E-state index contributed by atoms with van der Waals surface area (Å²) in [6, 6.07) is 0. The summed E-state index contributed by atoms with van der Waals surface area (Å²) in [4.78, 5) is 21.6. The molecule has 0 heterocycles. The molecule has 2 radical (unpaired) electrons. The van der Waals surface area contributed by atoms with Crippen LogP contribution in [0.3, 0.4) is 0 Å². The monoisotopic (exact) mass is 406 g/mol. The van der Waals surface area contributed by atoms with Crippen molar-refractivity contribution in [3.63, 3.8) is 0 Å². The van der Waals surface area contributed by atoms with E-state index in [1.807, 2.05) is 0 Å². The van der Waals surface area contributed by atoms with Crippen molar-refractivity contribution >= 4 is 45.5 Å². The van der Waals surface area contributed by atoms with Gasteiger partial charge in [-0.25, -0.2) is 4.57 Å². The Bertz CT molecular complexity index is 192. The molecule has 0 fully saturated rings. The first-order valence-corrected chi connectivity index (χ1v) is 4.44. The molecule has 0 atom stereocenters. The zero-order valence-electron chi connectivity index (χ0n) is 5.02. The Morgan fingerprint density at radius 1 is 1.00 bits per heavy atom. The van der Waals surface area contributed by atoms with Crippen LogP contribution in [0.15, 0.2) is 0 Å². The first-order valence-electron chi connectivity index (χ1n) is 1.48. The van der Waals surface area contributed by atoms with Crippen molar-refractivity contribution in [3.05, 3.63) is 0 Å². The van der Waals surface area contributed by atoms with E-state index in [1.54, 1.807) is 0 Å². The number of hydrogen-bond acceptors (Lipinski definition) is 3. The van der Waals surface area contributed by atoms with Crippen molar-refractivity contribution in [2.75, 3.05) is 0 Å². The molecule has 11 heteroatoms. The fraction of sp³-hybridized carbons (Fsp3) is 0. The molecule has 0 unspecified atom stereocenters. The molecule has 0 rings (SSSR count). The minimum atomic E-state index is -4.67. The van der Waals surface area contributed by atoms with Gasteiger partial charge in [-0.15, -0.1) is 0 Å². The molecule has 0 aliphatic carbocycles. The Kier molecular flexibility index (Phi) is 10.4. The van der Waals surface area contributed by atoms with Crippen LogP contribution in [0, 0.1) is 0 Å². The average molecular weight is 405 g/mol. The molecule has 0 spiro atoms. The fourth-order valence-electron chi connectivity index (χ4n) is 0. The third-order valence-electron chi connectivity index (χ3n) is 0. The quantitative estimate of drug-likeness (QED) is 0.169. The van der Waals surface area contributed by atoms with Crippen LogP contribution in [0.4, 0.5) is 0 Å². The predicted molar refractivity (Wildman–Crippen MR) is 37.0 cm³/mol. The molecule has 70 valence electrons. The maximum atomic E-state index is 8.88. The van der Waals surface area contributed by atoms with Crippen LogP contribution in [0.5, 0.6) is 0 Å². The van der Waals surface area contributed by atoms with Crippen LogP contribution >= 0.6 is 7.82 Å². The van der Waals surface area contributed by atoms with Crippen molar-refractivity contribution in [1.82, 2.24) is 0 Å². The zero-order chi connectivity index (χ0) is 9.00. The van der Waals surface area contributed by atoms with E-state index in [1.165, 1.54) is 0 Å². The maximum absolute atomic E-state index is 8.88. The Balaban J connectivity index is -0.000000107. The molecule has 0 aromatic carbocycles. The second kappa shape index (κ2) is 6.42. The number of hydrogen-bond donors (Lipinski definition) is 5. The van der Waals surface area contributed by atoms with Gasteiger partial charge in [0.15, 0.2) is 0 Å². The van der Waals surface area contributed by atoms with Crippen LogP contribution in [-0.4, -0.2) is 59.5 Å². The molecule has 0 bridgehead atoms. The fourth-order valence-corrected chi connectivity index (χ4v) is 0. The first kappa shape index (κ1) is 17.9. The topological polar surface area (TPSA) is 152 Å². The van der Waals surface area contributed by atoms with E-state index in [9.17, 15) is 0 Å². The summed E-state index contributed by atoms with van der Waals surface area (Å²) in [7, 11) is -9.31. The number of rotatable bonds is 0. The second-order valence-corrected chi connectivity index (χ2v) is 2.88. The molecule has 5 N–H and O–H groups in total. The molecule has 11 heavy (non-hydrogen) atoms. The van der Waals surface area contributed by atoms with Crippen LogP contribution in [0.25, 0.3) is 0 Å². The van der Waals surface area contributed by atoms with Crippen LogP contribution < -0.4 is 0 Å². The van der Waals surface area contributed by atoms with Crippen molar-refractivity contribution in [1.29, 1.82) is 0 Å². The van der Waals surface area contributed by atoms with Crippen molar-refractivity contribution < 1.29 is 36.8 Å². The van der Waals surface area contributed by atoms with Gasteiger partial charge in [-0.05, 0) is 0 Å². The number of phosphoric acid groups is 1. The van der Waals surface area contributed by atoms with Gasteiger partial charge in [0, 0.05) is 0 Å². The molecule has 0 aromatic heterocycles. The third-order valence-corrected chi connectivity index (χ3v) is 0. The van der Waals surface area contributed by atoms with Crippen LogP contribution in [-0.2, 0) is 15.0 Å². The molecule has 8 nitrogen and oxygen atoms in total. The van der Waals surface area contributed by atoms with E-state index in [0.29, 0.717) is 0 Å². The molecular weight excluding hydrogens is 398 g/mol. The van der Waals surface area contributed by atoms with Gasteiger partial charge in [0.1, 0.15) is 0 Å². The van der Waals surface area contributed by atoms with Gasteiger partial charge in [-0.1, -0.05) is 0 Å². The van der Waals surface area contributed by atoms with Crippen molar-refractivity contribution in [2.45, 2.75) is 0 Å². The summed E-state index contributed by atoms with van der Waals surface area (Å²) < 4.78 is 40.5. The van der Waals surface area contributed by atoms with E-state index in [2.05, 4.69) is 0 Å². The summed E-state index contributed by atoms with van der Waals surface area (Å²) >= 11 is 0. The van der Waals surface area contributed by atoms with Crippen LogP contribution in [0.2, 0.25) is 0 Å². The Labute approximate surface area is 82.2 Å². The van der Waals surface area contributed by atoms with Crippen LogP contribution in [0.1, 0.15) is 0 Å². The SMILES string of the molecule is O=P(O)(O)O.O=S(=O)(O)O.[PbH2]. The first-order chi connectivity index (χ1) is 4.00. The van der Waals surface area contributed by atoms with Gasteiger partial charge in [-0.3, -0.25) is 9.11 Å². The molecule has 0 amide bonds. The van der Waals surface area contributed by atoms with E-state index in [0.717, 1.165) is 0 Å². The molecular formula is H7O8PPbS. The normalized spacial score (nSPS) is 10.6. The molecule has 0 aromatic rings. The summed E-state index contributed by atoms with van der Waals surface area (Å²) in [5.41, 5.74) is 0. The van der Waals surface area contributed by atoms with E-state index >= 15 is 0 Å². The zero-order valence-corrected chi connectivity index (χ0v) is 12.2. The third kappa shape index (κ3) is 1060. The summed E-state index contributed by atoms with van der Waals surface area (Å²) in [6.45, 7) is 0. The van der Waals surface area contributed by atoms with E-state index in [-0.39, 0.29) is 27.3 Å². The Hall–Kier alpha value is 0.902. The average Bonchev–Trinajstić information content (AvgIpc) is 1.12. The predicted octanol–water partition coefficient (Wildman–Crippen LogP) is -2.50. The Morgan fingerprint density at radius 3 is 1.00 bits per heavy atom. The van der Waals surface area contributed by atoms with Gasteiger partial charge < -0.3 is 14.7 Å². The molecule has 0 saturated carbocycles. The minimum absolute atomic E-state index is 0. The second-order valence-electron chi connectivity index (χ2n) is 0.961. The standard InChI is InChI=1S/H3O4P.H2O4S.Pb.2H/c2*1-5(2,3)4;;;/h(H3,1,2,3,4);(H2,1,2,3,4);;;. The van der Waals surface area contributed by atoms with E-state index < -0.39 is 18.2 Å². The molecule has 0 aliphatic heterocycles. The molecule has 0 saturated heterocycles. The molecule has 0 aliphatic rings. The van der Waals surface area contributed by atoms with Crippen molar-refractivity contribution in [2.24, 2.45) is 0 Å². The van der Waals surface area contributed by atoms with Gasteiger partial charge in [-0.2, -0.15) is 8.42 Å². The van der Waals surface area contributed by atoms with Gasteiger partial charge in [0.25, 0.3) is 0 Å². The van der Waals surface area contributed by atoms with Gasteiger partial charge in [0.05, 0.1) is 0 Å². The summed E-state index contributed by atoms with van der Waals surface area (Å²) in [5.74, 6) is 0. The Morgan fingerprint density at radius 2 is 1.00 bits per heavy atom. The summed E-state index contributed by atoms with van der Waals surface area (Å²) in [5, 5.41) is 0. The van der Waals surface area contributed by atoms with Crippen molar-refractivity contribution in [3.8, 4) is 0 Å². The van der Waals surface area contributed by atoms with E-state index in [4.69, 9.17) is 36.8 Å².